The van der Waals surface area contributed by atoms with E-state index < -0.39 is 0 Å². The Morgan fingerprint density at radius 3 is 2.48 bits per heavy atom. The van der Waals surface area contributed by atoms with E-state index in [9.17, 15) is 4.79 Å². The maximum atomic E-state index is 12.6. The van der Waals surface area contributed by atoms with Crippen LogP contribution in [-0.4, -0.2) is 46.7 Å². The molecule has 0 radical (unpaired) electrons. The van der Waals surface area contributed by atoms with E-state index in [4.69, 9.17) is 4.74 Å². The Balaban J connectivity index is 0.00000225. The summed E-state index contributed by atoms with van der Waals surface area (Å²) in [5, 5.41) is 3.41. The van der Waals surface area contributed by atoms with Gasteiger partial charge in [-0.05, 0) is 61.8 Å². The van der Waals surface area contributed by atoms with E-state index >= 15 is 0 Å². The lowest BCUT2D eigenvalue weighted by Gasteiger charge is -2.19. The van der Waals surface area contributed by atoms with Crippen molar-refractivity contribution < 1.29 is 11.0 Å². The molecule has 0 unspecified atom stereocenters. The highest BCUT2D eigenvalue weighted by atomic mass is 16.5. The van der Waals surface area contributed by atoms with Crippen LogP contribution in [0.5, 0.6) is 0 Å². The number of ether oxygens (including phenoxy) is 1. The number of benzene rings is 1. The summed E-state index contributed by atoms with van der Waals surface area (Å²) in [6.45, 7) is 6.09. The highest BCUT2D eigenvalue weighted by Crippen LogP contribution is 2.26. The van der Waals surface area contributed by atoms with Gasteiger partial charge in [-0.2, -0.15) is 0 Å². The Morgan fingerprint density at radius 1 is 1.15 bits per heavy atom. The maximum absolute atomic E-state index is 12.6. The smallest absolute Gasteiger partial charge is 0.258 e. The zero-order valence-corrected chi connectivity index (χ0v) is 16.0. The van der Waals surface area contributed by atoms with Crippen LogP contribution in [0.2, 0.25) is 0 Å². The molecule has 0 spiro atoms. The second-order valence-electron chi connectivity index (χ2n) is 7.56. The first kappa shape index (κ1) is 17.9. The van der Waals surface area contributed by atoms with E-state index in [2.05, 4.69) is 41.3 Å². The number of aryl methyl sites for hydroxylation is 2. The van der Waals surface area contributed by atoms with Crippen LogP contribution in [0, 0.1) is 13.8 Å². The minimum atomic E-state index is -0.0670. The molecule has 0 atom stereocenters. The molecule has 2 aromatic rings. The normalized spacial score (nSPS) is 17.5. The molecule has 1 aromatic heterocycles. The van der Waals surface area contributed by atoms with Gasteiger partial charge in [0.1, 0.15) is 6.73 Å². The zero-order valence-electron chi connectivity index (χ0n) is 16.0. The van der Waals surface area contributed by atoms with Crippen LogP contribution >= 0.6 is 0 Å². The number of aromatic nitrogens is 2. The summed E-state index contributed by atoms with van der Waals surface area (Å²) in [7, 11) is 0. The van der Waals surface area contributed by atoms with E-state index in [1.54, 1.807) is 17.3 Å². The number of amides is 1. The highest BCUT2D eigenvalue weighted by Gasteiger charge is 2.23. The van der Waals surface area contributed by atoms with Gasteiger partial charge in [0.15, 0.2) is 0 Å². The lowest BCUT2D eigenvalue weighted by molar-refractivity contribution is 0.0368. The number of hydrogen-bond donors (Lipinski definition) is 1. The second kappa shape index (κ2) is 7.64. The molecule has 144 valence electrons. The van der Waals surface area contributed by atoms with Crippen molar-refractivity contribution in [2.45, 2.75) is 45.6 Å². The third-order valence-corrected chi connectivity index (χ3v) is 5.48. The van der Waals surface area contributed by atoms with E-state index in [-0.39, 0.29) is 7.33 Å². The molecule has 27 heavy (non-hydrogen) atoms. The van der Waals surface area contributed by atoms with E-state index in [1.807, 2.05) is 0 Å². The van der Waals surface area contributed by atoms with Crippen molar-refractivity contribution >= 4 is 11.9 Å². The number of carbonyl (C=O) groups is 1. The molecule has 0 saturated carbocycles. The van der Waals surface area contributed by atoms with Crippen LogP contribution in [0.15, 0.2) is 24.5 Å². The van der Waals surface area contributed by atoms with Crippen molar-refractivity contribution in [3.63, 3.8) is 0 Å². The van der Waals surface area contributed by atoms with Crippen LogP contribution in [0.25, 0.3) is 0 Å². The summed E-state index contributed by atoms with van der Waals surface area (Å²) in [6.07, 6.45) is 7.13. The molecule has 2 heterocycles. The van der Waals surface area contributed by atoms with Gasteiger partial charge in [0.05, 0.1) is 5.56 Å². The maximum Gasteiger partial charge on any atom is 0.258 e. The molecule has 1 fully saturated rings. The lowest BCUT2D eigenvalue weighted by Crippen LogP contribution is -2.33. The Hall–Kier alpha value is -2.47. The highest BCUT2D eigenvalue weighted by molar-refractivity contribution is 5.93. The quantitative estimate of drug-likeness (QED) is 0.902. The molecule has 0 bridgehead atoms. The van der Waals surface area contributed by atoms with E-state index in [0.717, 1.165) is 32.2 Å². The Kier molecular flexibility index (Phi) is 5.07. The van der Waals surface area contributed by atoms with Crippen LogP contribution in [0.1, 0.15) is 46.9 Å². The van der Waals surface area contributed by atoms with Gasteiger partial charge in [0, 0.05) is 33.0 Å². The summed E-state index contributed by atoms with van der Waals surface area (Å²) >= 11 is 0. The summed E-state index contributed by atoms with van der Waals surface area (Å²) in [6, 6.07) is 4.87. The number of rotatable bonds is 3. The van der Waals surface area contributed by atoms with Gasteiger partial charge in [-0.3, -0.25) is 4.79 Å². The topological polar surface area (TPSA) is 67.4 Å². The predicted octanol–water partition coefficient (Wildman–Crippen LogP) is 3.13. The molecular formula is C21H28N4O2. The summed E-state index contributed by atoms with van der Waals surface area (Å²) in [5.74, 6) is 0.507. The molecular weight excluding hydrogens is 340 g/mol. The van der Waals surface area contributed by atoms with Gasteiger partial charge in [-0.25, -0.2) is 9.97 Å². The van der Waals surface area contributed by atoms with Gasteiger partial charge < -0.3 is 15.0 Å². The van der Waals surface area contributed by atoms with Gasteiger partial charge >= 0.3 is 0 Å². The fourth-order valence-corrected chi connectivity index (χ4v) is 3.81. The molecule has 1 saturated heterocycles. The molecule has 2 aliphatic rings. The van der Waals surface area contributed by atoms with Crippen LogP contribution in [-0.2, 0) is 17.6 Å². The van der Waals surface area contributed by atoms with E-state index in [1.165, 1.54) is 22.3 Å². The molecule has 1 aromatic carbocycles. The summed E-state index contributed by atoms with van der Waals surface area (Å²) in [5.41, 5.74) is 6.00. The average Bonchev–Trinajstić information content (AvgIpc) is 2.87. The second-order valence-corrected chi connectivity index (χ2v) is 7.56. The van der Waals surface area contributed by atoms with Crippen LogP contribution in [0.3, 0.4) is 0 Å². The molecule has 1 aliphatic heterocycles. The standard InChI is InChI=1S/C21H26N4O2.H2/c1-14-7-16-9-19(10-17(16)8-15(14)2)24-21-22-11-18(12-23-21)20(26)25-5-3-4-6-27-13-25;/h7-8,11-12,19H,3-6,9-10,13H2,1-2H3,(H,22,23,24);1H. The molecule has 4 rings (SSSR count). The van der Waals surface area contributed by atoms with Crippen molar-refractivity contribution in [3.05, 3.63) is 52.3 Å². The Morgan fingerprint density at radius 2 is 1.81 bits per heavy atom. The Bertz CT molecular complexity index is 802. The number of nitrogens with one attached hydrogen (secondary N) is 1. The van der Waals surface area contributed by atoms with Crippen molar-refractivity contribution in [2.24, 2.45) is 0 Å². The van der Waals surface area contributed by atoms with Gasteiger partial charge in [-0.1, -0.05) is 12.1 Å². The average molecular weight is 368 g/mol. The fraction of sp³-hybridized carbons (Fsp3) is 0.476. The molecule has 1 N–H and O–H groups in total. The van der Waals surface area contributed by atoms with Gasteiger partial charge in [0.25, 0.3) is 5.91 Å². The minimum absolute atomic E-state index is 0. The number of nitrogens with zero attached hydrogens (tertiary/aromatic N) is 3. The molecule has 1 amide bonds. The van der Waals surface area contributed by atoms with Crippen molar-refractivity contribution in [1.29, 1.82) is 0 Å². The molecule has 6 heteroatoms. The van der Waals surface area contributed by atoms with E-state index in [0.29, 0.717) is 30.9 Å². The lowest BCUT2D eigenvalue weighted by atomic mass is 10.0. The van der Waals surface area contributed by atoms with Crippen LogP contribution in [0.4, 0.5) is 5.95 Å². The Labute approximate surface area is 161 Å². The third kappa shape index (κ3) is 3.95. The van der Waals surface area contributed by atoms with Crippen LogP contribution < -0.4 is 5.32 Å². The number of anilines is 1. The molecule has 6 nitrogen and oxygen atoms in total. The zero-order chi connectivity index (χ0) is 18.8. The van der Waals surface area contributed by atoms with Crippen molar-refractivity contribution in [3.8, 4) is 0 Å². The predicted molar refractivity (Wildman–Crippen MR) is 106 cm³/mol. The monoisotopic (exact) mass is 368 g/mol. The van der Waals surface area contributed by atoms with Crippen molar-refractivity contribution in [1.82, 2.24) is 14.9 Å². The van der Waals surface area contributed by atoms with Gasteiger partial charge in [-0.15, -0.1) is 0 Å². The van der Waals surface area contributed by atoms with Crippen molar-refractivity contribution in [2.75, 3.05) is 25.2 Å². The fourth-order valence-electron chi connectivity index (χ4n) is 3.81. The number of carbonyl (C=O) groups excluding carboxylic acids is 1. The first-order valence-corrected chi connectivity index (χ1v) is 9.65. The molecule has 1 aliphatic carbocycles. The first-order chi connectivity index (χ1) is 13.1. The summed E-state index contributed by atoms with van der Waals surface area (Å²) < 4.78 is 5.46. The minimum Gasteiger partial charge on any atom is -0.361 e. The third-order valence-electron chi connectivity index (χ3n) is 5.48. The number of hydrogen-bond acceptors (Lipinski definition) is 5. The SMILES string of the molecule is Cc1cc2c(cc1C)CC(Nc1ncc(C(=O)N3CCCCOC3)cn1)C2.[HH]. The summed E-state index contributed by atoms with van der Waals surface area (Å²) in [4.78, 5) is 23.0. The van der Waals surface area contributed by atoms with Gasteiger partial charge in [0.2, 0.25) is 5.95 Å². The number of fused-ring (bicyclic) bond motifs is 1. The first-order valence-electron chi connectivity index (χ1n) is 9.65. The largest absolute Gasteiger partial charge is 0.361 e.